The van der Waals surface area contributed by atoms with Crippen molar-refractivity contribution in [2.75, 3.05) is 18.5 Å². The second-order valence-electron chi connectivity index (χ2n) is 7.39. The second-order valence-corrected chi connectivity index (χ2v) is 7.39. The number of carbonyl (C=O) groups excluding carboxylic acids is 1. The molecule has 0 atom stereocenters. The van der Waals surface area contributed by atoms with E-state index in [0.29, 0.717) is 24.3 Å². The number of hydrogen-bond acceptors (Lipinski definition) is 4. The van der Waals surface area contributed by atoms with Crippen molar-refractivity contribution in [3.05, 3.63) is 83.4 Å². The van der Waals surface area contributed by atoms with E-state index >= 15 is 0 Å². The maximum Gasteiger partial charge on any atom is 0.337 e. The first kappa shape index (κ1) is 23.0. The second kappa shape index (κ2) is 11.1. The lowest BCUT2D eigenvalue weighted by molar-refractivity contribution is 0.0698. The zero-order valence-electron chi connectivity index (χ0n) is 18.0. The fourth-order valence-corrected chi connectivity index (χ4v) is 3.33. The number of aromatic carboxylic acids is 1. The summed E-state index contributed by atoms with van der Waals surface area (Å²) < 4.78 is 5.80. The highest BCUT2D eigenvalue weighted by molar-refractivity contribution is 6.09. The Bertz CT molecular complexity index is 1080. The van der Waals surface area contributed by atoms with Gasteiger partial charge in [0.2, 0.25) is 0 Å². The Balaban J connectivity index is 1.96. The minimum absolute atomic E-state index is 0.00186. The highest BCUT2D eigenvalue weighted by Gasteiger charge is 2.18. The summed E-state index contributed by atoms with van der Waals surface area (Å²) >= 11 is 0. The quantitative estimate of drug-likeness (QED) is 0.390. The molecule has 0 aliphatic carbocycles. The van der Waals surface area contributed by atoms with Crippen LogP contribution in [0.3, 0.4) is 0 Å². The fourth-order valence-electron chi connectivity index (χ4n) is 3.33. The van der Waals surface area contributed by atoms with Gasteiger partial charge >= 0.3 is 5.97 Å². The number of carboxylic acid groups (broad SMARTS) is 1. The van der Waals surface area contributed by atoms with Crippen LogP contribution in [0.15, 0.2) is 66.7 Å². The van der Waals surface area contributed by atoms with Crippen molar-refractivity contribution in [2.45, 2.75) is 26.2 Å². The van der Waals surface area contributed by atoms with Crippen LogP contribution < -0.4 is 10.1 Å². The predicted molar refractivity (Wildman–Crippen MR) is 124 cm³/mol. The molecule has 0 fully saturated rings. The Hall–Kier alpha value is -3.64. The molecule has 0 bridgehead atoms. The van der Waals surface area contributed by atoms with Crippen LogP contribution in [0.1, 0.15) is 46.0 Å². The molecule has 0 saturated heterocycles. The number of unbranched alkanes of at least 4 members (excludes halogenated alkanes) is 1. The van der Waals surface area contributed by atoms with Crippen molar-refractivity contribution in [1.82, 2.24) is 0 Å². The molecule has 32 heavy (non-hydrogen) atoms. The summed E-state index contributed by atoms with van der Waals surface area (Å²) in [5, 5.41) is 21.6. The number of carbonyl (C=O) groups is 2. The molecule has 0 radical (unpaired) electrons. The van der Waals surface area contributed by atoms with Gasteiger partial charge in [0.1, 0.15) is 5.75 Å². The molecule has 3 rings (SSSR count). The van der Waals surface area contributed by atoms with Crippen molar-refractivity contribution in [2.24, 2.45) is 0 Å². The summed E-state index contributed by atoms with van der Waals surface area (Å²) in [5.41, 5.74) is 2.99. The zero-order valence-corrected chi connectivity index (χ0v) is 18.0. The number of nitrogens with one attached hydrogen (secondary N) is 1. The molecule has 6 heteroatoms. The predicted octanol–water partition coefficient (Wildman–Crippen LogP) is 5.02. The minimum Gasteiger partial charge on any atom is -0.493 e. The first-order valence-corrected chi connectivity index (χ1v) is 10.6. The number of benzene rings is 3. The van der Waals surface area contributed by atoms with Crippen molar-refractivity contribution in [1.29, 1.82) is 0 Å². The zero-order chi connectivity index (χ0) is 22.9. The molecule has 0 aliphatic rings. The number of ether oxygens (including phenoxy) is 1. The van der Waals surface area contributed by atoms with Gasteiger partial charge < -0.3 is 20.3 Å². The first-order valence-electron chi connectivity index (χ1n) is 10.6. The number of anilines is 1. The van der Waals surface area contributed by atoms with E-state index in [2.05, 4.69) is 12.2 Å². The van der Waals surface area contributed by atoms with Crippen LogP contribution in [0, 0.1) is 0 Å². The summed E-state index contributed by atoms with van der Waals surface area (Å²) in [7, 11) is 0. The van der Waals surface area contributed by atoms with Crippen molar-refractivity contribution in [3.63, 3.8) is 0 Å². The van der Waals surface area contributed by atoms with Crippen LogP contribution in [-0.4, -0.2) is 35.3 Å². The number of aliphatic hydroxyl groups is 1. The number of rotatable bonds is 10. The van der Waals surface area contributed by atoms with E-state index in [0.717, 1.165) is 29.5 Å². The molecule has 3 aromatic rings. The number of aliphatic hydroxyl groups excluding tert-OH is 1. The van der Waals surface area contributed by atoms with Gasteiger partial charge in [0.15, 0.2) is 0 Å². The van der Waals surface area contributed by atoms with E-state index < -0.39 is 11.9 Å². The third-order valence-electron chi connectivity index (χ3n) is 5.05. The molecule has 3 aromatic carbocycles. The topological polar surface area (TPSA) is 95.9 Å². The van der Waals surface area contributed by atoms with Gasteiger partial charge in [-0.05, 0) is 53.8 Å². The molecule has 0 aromatic heterocycles. The molecular weight excluding hydrogens is 406 g/mol. The Labute approximate surface area is 187 Å². The maximum atomic E-state index is 13.2. The van der Waals surface area contributed by atoms with E-state index in [-0.39, 0.29) is 17.9 Å². The normalized spacial score (nSPS) is 10.6. The Morgan fingerprint density at radius 3 is 2.41 bits per heavy atom. The van der Waals surface area contributed by atoms with Crippen LogP contribution in [0.25, 0.3) is 11.1 Å². The molecule has 3 N–H and O–H groups in total. The third kappa shape index (κ3) is 5.74. The van der Waals surface area contributed by atoms with Gasteiger partial charge in [-0.3, -0.25) is 4.79 Å². The molecule has 166 valence electrons. The Kier molecular flexibility index (Phi) is 8.00. The van der Waals surface area contributed by atoms with E-state index in [1.807, 2.05) is 36.4 Å². The average Bonchev–Trinajstić information content (AvgIpc) is 2.80. The lowest BCUT2D eigenvalue weighted by atomic mass is 10.0. The fraction of sp³-hybridized carbons (Fsp3) is 0.231. The molecule has 0 unspecified atom stereocenters. The lowest BCUT2D eigenvalue weighted by Gasteiger charge is -2.15. The molecule has 0 heterocycles. The summed E-state index contributed by atoms with van der Waals surface area (Å²) in [4.78, 5) is 25.0. The highest BCUT2D eigenvalue weighted by Crippen LogP contribution is 2.28. The van der Waals surface area contributed by atoms with Crippen LogP contribution in [0.5, 0.6) is 5.75 Å². The lowest BCUT2D eigenvalue weighted by Crippen LogP contribution is -2.17. The first-order chi connectivity index (χ1) is 15.5. The van der Waals surface area contributed by atoms with Gasteiger partial charge in [-0.1, -0.05) is 55.8 Å². The third-order valence-corrected chi connectivity index (χ3v) is 5.05. The summed E-state index contributed by atoms with van der Waals surface area (Å²) in [6.45, 7) is 2.48. The summed E-state index contributed by atoms with van der Waals surface area (Å²) in [6, 6.07) is 19.6. The number of hydrogen-bond donors (Lipinski definition) is 3. The molecule has 0 spiro atoms. The highest BCUT2D eigenvalue weighted by atomic mass is 16.5. The van der Waals surface area contributed by atoms with Gasteiger partial charge in [-0.2, -0.15) is 0 Å². The van der Waals surface area contributed by atoms with Crippen molar-refractivity contribution in [3.8, 4) is 16.9 Å². The van der Waals surface area contributed by atoms with Crippen molar-refractivity contribution < 1.29 is 24.5 Å². The van der Waals surface area contributed by atoms with Gasteiger partial charge in [-0.25, -0.2) is 4.79 Å². The van der Waals surface area contributed by atoms with Crippen LogP contribution in [0.2, 0.25) is 0 Å². The Morgan fingerprint density at radius 2 is 1.72 bits per heavy atom. The Morgan fingerprint density at radius 1 is 0.938 bits per heavy atom. The molecule has 1 amide bonds. The maximum absolute atomic E-state index is 13.2. The summed E-state index contributed by atoms with van der Waals surface area (Å²) in [5.74, 6) is -1.17. The van der Waals surface area contributed by atoms with Crippen LogP contribution in [-0.2, 0) is 6.42 Å². The smallest absolute Gasteiger partial charge is 0.337 e. The van der Waals surface area contributed by atoms with Gasteiger partial charge in [0.05, 0.1) is 23.4 Å². The standard InChI is InChI=1S/C26H27NO5/c1-2-3-15-32-24-12-9-18(13-14-28)16-22(24)25(29)27-23-17-20(10-11-21(23)26(30)31)19-7-5-4-6-8-19/h4-12,16-17,28H,2-3,13-15H2,1H3,(H,27,29)(H,30,31). The van der Waals surface area contributed by atoms with E-state index in [4.69, 9.17) is 4.74 Å². The van der Waals surface area contributed by atoms with Crippen molar-refractivity contribution >= 4 is 17.6 Å². The molecular formula is C26H27NO5. The molecule has 0 saturated carbocycles. The number of amides is 1. The van der Waals surface area contributed by atoms with Crippen LogP contribution >= 0.6 is 0 Å². The number of carboxylic acids is 1. The van der Waals surface area contributed by atoms with E-state index in [1.165, 1.54) is 6.07 Å². The van der Waals surface area contributed by atoms with E-state index in [9.17, 15) is 19.8 Å². The average molecular weight is 434 g/mol. The van der Waals surface area contributed by atoms with Crippen LogP contribution in [0.4, 0.5) is 5.69 Å². The minimum atomic E-state index is -1.13. The molecule has 6 nitrogen and oxygen atoms in total. The molecule has 0 aliphatic heterocycles. The van der Waals surface area contributed by atoms with Gasteiger partial charge in [0, 0.05) is 6.61 Å². The van der Waals surface area contributed by atoms with Gasteiger partial charge in [0.25, 0.3) is 5.91 Å². The monoisotopic (exact) mass is 433 g/mol. The largest absolute Gasteiger partial charge is 0.493 e. The van der Waals surface area contributed by atoms with E-state index in [1.54, 1.807) is 24.3 Å². The summed E-state index contributed by atoms with van der Waals surface area (Å²) in [6.07, 6.45) is 2.21. The SMILES string of the molecule is CCCCOc1ccc(CCO)cc1C(=O)Nc1cc(-c2ccccc2)ccc1C(=O)O. The van der Waals surface area contributed by atoms with Gasteiger partial charge in [-0.15, -0.1) is 0 Å².